The van der Waals surface area contributed by atoms with E-state index in [1.807, 2.05) is 30.3 Å². The fourth-order valence-corrected chi connectivity index (χ4v) is 1.93. The molecule has 3 rings (SSSR count). The SMILES string of the molecule is O=[n+]1ccn([O-])c2ccc3ccccc3c21. The van der Waals surface area contributed by atoms with Crippen LogP contribution in [-0.4, -0.2) is 4.73 Å². The van der Waals surface area contributed by atoms with Crippen LogP contribution in [0.5, 0.6) is 0 Å². The van der Waals surface area contributed by atoms with Crippen LogP contribution in [0.3, 0.4) is 0 Å². The molecular weight excluding hydrogens is 204 g/mol. The van der Waals surface area contributed by atoms with E-state index >= 15 is 0 Å². The Hall–Kier alpha value is -2.36. The van der Waals surface area contributed by atoms with Crippen LogP contribution in [0.1, 0.15) is 0 Å². The predicted molar refractivity (Wildman–Crippen MR) is 61.6 cm³/mol. The van der Waals surface area contributed by atoms with Gasteiger partial charge >= 0.3 is 0 Å². The molecule has 4 heteroatoms. The summed E-state index contributed by atoms with van der Waals surface area (Å²) in [7, 11) is 0. The minimum atomic E-state index is 0.385. The maximum atomic E-state index is 11.7. The predicted octanol–water partition coefficient (Wildman–Crippen LogP) is 2.05. The molecule has 0 saturated heterocycles. The standard InChI is InChI=1S/C12H8N2O2/c15-13-7-8-14(16)12-10-4-2-1-3-9(10)5-6-11(12)13/h1-8H. The quantitative estimate of drug-likeness (QED) is 0.423. The molecule has 0 spiro atoms. The first-order valence-electron chi connectivity index (χ1n) is 4.90. The van der Waals surface area contributed by atoms with Gasteiger partial charge in [-0.05, 0) is 17.5 Å². The topological polar surface area (TPSA) is 51.0 Å². The summed E-state index contributed by atoms with van der Waals surface area (Å²) in [5, 5.41) is 13.3. The largest absolute Gasteiger partial charge is 0.805 e. The Morgan fingerprint density at radius 3 is 2.81 bits per heavy atom. The van der Waals surface area contributed by atoms with Crippen LogP contribution in [0.2, 0.25) is 0 Å². The fourth-order valence-electron chi connectivity index (χ4n) is 1.93. The third-order valence-electron chi connectivity index (χ3n) is 2.67. The Morgan fingerprint density at radius 1 is 1.12 bits per heavy atom. The maximum absolute atomic E-state index is 11.7. The van der Waals surface area contributed by atoms with E-state index in [0.717, 1.165) is 15.2 Å². The molecule has 0 saturated carbocycles. The van der Waals surface area contributed by atoms with Crippen molar-refractivity contribution in [3.8, 4) is 0 Å². The van der Waals surface area contributed by atoms with Crippen LogP contribution >= 0.6 is 0 Å². The van der Waals surface area contributed by atoms with Crippen molar-refractivity contribution in [2.45, 2.75) is 0 Å². The van der Waals surface area contributed by atoms with Crippen LogP contribution in [0.4, 0.5) is 0 Å². The lowest BCUT2D eigenvalue weighted by atomic mass is 10.1. The second-order valence-electron chi connectivity index (χ2n) is 3.60. The van der Waals surface area contributed by atoms with E-state index in [1.54, 1.807) is 6.07 Å². The molecule has 4 nitrogen and oxygen atoms in total. The molecule has 0 aliphatic rings. The van der Waals surface area contributed by atoms with E-state index in [4.69, 9.17) is 0 Å². The summed E-state index contributed by atoms with van der Waals surface area (Å²) in [5.74, 6) is 0. The molecule has 0 N–H and O–H groups in total. The molecule has 1 aromatic heterocycles. The second-order valence-corrected chi connectivity index (χ2v) is 3.60. The minimum Gasteiger partial charge on any atom is -0.805 e. The molecule has 0 fully saturated rings. The monoisotopic (exact) mass is 212 g/mol. The highest BCUT2D eigenvalue weighted by Gasteiger charge is 2.11. The molecule has 0 radical (unpaired) electrons. The van der Waals surface area contributed by atoms with Crippen LogP contribution < -0.4 is 4.43 Å². The highest BCUT2D eigenvalue weighted by molar-refractivity contribution is 6.02. The lowest BCUT2D eigenvalue weighted by Gasteiger charge is -2.10. The number of hydrogen-bond acceptors (Lipinski definition) is 2. The molecule has 0 aliphatic heterocycles. The zero-order valence-corrected chi connectivity index (χ0v) is 8.33. The third-order valence-corrected chi connectivity index (χ3v) is 2.67. The lowest BCUT2D eigenvalue weighted by molar-refractivity contribution is -0.463. The molecule has 3 aromatic rings. The fraction of sp³-hybridized carbons (Fsp3) is 0. The summed E-state index contributed by atoms with van der Waals surface area (Å²) in [6.45, 7) is 0. The zero-order valence-electron chi connectivity index (χ0n) is 8.33. The van der Waals surface area contributed by atoms with E-state index in [9.17, 15) is 10.1 Å². The van der Waals surface area contributed by atoms with Gasteiger partial charge in [-0.2, -0.15) is 0 Å². The smallest absolute Gasteiger partial charge is 0.293 e. The molecule has 78 valence electrons. The molecule has 2 aromatic carbocycles. The third kappa shape index (κ3) is 1.10. The summed E-state index contributed by atoms with van der Waals surface area (Å²) in [4.78, 5) is 11.7. The van der Waals surface area contributed by atoms with Crippen molar-refractivity contribution in [1.29, 1.82) is 0 Å². The van der Waals surface area contributed by atoms with E-state index in [1.165, 1.54) is 12.4 Å². The van der Waals surface area contributed by atoms with Crippen molar-refractivity contribution in [3.63, 3.8) is 0 Å². The normalized spacial score (nSPS) is 11.0. The Morgan fingerprint density at radius 2 is 1.94 bits per heavy atom. The van der Waals surface area contributed by atoms with Gasteiger partial charge in [0.1, 0.15) is 5.52 Å². The summed E-state index contributed by atoms with van der Waals surface area (Å²) >= 11 is 0. The number of rotatable bonds is 0. The molecule has 1 heterocycles. The van der Waals surface area contributed by atoms with Gasteiger partial charge in [0.05, 0.1) is 16.0 Å². The Kier molecular flexibility index (Phi) is 1.71. The molecule has 16 heavy (non-hydrogen) atoms. The van der Waals surface area contributed by atoms with Crippen molar-refractivity contribution in [3.05, 3.63) is 58.9 Å². The number of nitrogens with zero attached hydrogens (tertiary/aromatic N) is 2. The summed E-state index contributed by atoms with van der Waals surface area (Å²) in [6.07, 6.45) is 2.44. The summed E-state index contributed by atoms with van der Waals surface area (Å²) in [5.41, 5.74) is 0.798. The zero-order chi connectivity index (χ0) is 11.1. The number of aromatic nitrogens is 2. The van der Waals surface area contributed by atoms with Crippen LogP contribution in [-0.2, 0) is 0 Å². The molecular formula is C12H8N2O2. The second kappa shape index (κ2) is 3.06. The van der Waals surface area contributed by atoms with Crippen LogP contribution in [0.15, 0.2) is 48.8 Å². The highest BCUT2D eigenvalue weighted by atomic mass is 16.5. The van der Waals surface area contributed by atoms with Crippen molar-refractivity contribution >= 4 is 21.8 Å². The number of fused-ring (bicyclic) bond motifs is 3. The van der Waals surface area contributed by atoms with E-state index in [2.05, 4.69) is 0 Å². The van der Waals surface area contributed by atoms with Crippen molar-refractivity contribution in [1.82, 2.24) is 4.73 Å². The summed E-state index contributed by atoms with van der Waals surface area (Å²) in [6, 6.07) is 11.0. The minimum absolute atomic E-state index is 0.385. The van der Waals surface area contributed by atoms with Gasteiger partial charge in [0.2, 0.25) is 6.20 Å². The van der Waals surface area contributed by atoms with Gasteiger partial charge in [0.15, 0.2) is 0 Å². The average Bonchev–Trinajstić information content (AvgIpc) is 2.33. The van der Waals surface area contributed by atoms with E-state index in [-0.39, 0.29) is 0 Å². The average molecular weight is 212 g/mol. The van der Waals surface area contributed by atoms with Crippen molar-refractivity contribution in [2.24, 2.45) is 0 Å². The molecule has 0 unspecified atom stereocenters. The number of hydrogen-bond donors (Lipinski definition) is 0. The Labute approximate surface area is 90.5 Å². The first-order chi connectivity index (χ1) is 7.77. The van der Waals surface area contributed by atoms with E-state index in [0.29, 0.717) is 15.8 Å². The highest BCUT2D eigenvalue weighted by Crippen LogP contribution is 2.21. The van der Waals surface area contributed by atoms with Gasteiger partial charge in [-0.25, -0.2) is 0 Å². The molecule has 0 amide bonds. The van der Waals surface area contributed by atoms with Gasteiger partial charge in [-0.3, -0.25) is 0 Å². The Balaban J connectivity index is 2.70. The molecule has 0 aliphatic carbocycles. The maximum Gasteiger partial charge on any atom is 0.293 e. The van der Waals surface area contributed by atoms with Gasteiger partial charge in [0, 0.05) is 4.91 Å². The van der Waals surface area contributed by atoms with Crippen LogP contribution in [0.25, 0.3) is 21.8 Å². The van der Waals surface area contributed by atoms with Gasteiger partial charge < -0.3 is 9.94 Å². The Bertz CT molecular complexity index is 747. The van der Waals surface area contributed by atoms with Gasteiger partial charge in [0.25, 0.3) is 5.52 Å². The first kappa shape index (κ1) is 8.91. The van der Waals surface area contributed by atoms with Crippen LogP contribution in [0, 0.1) is 10.1 Å². The number of benzene rings is 2. The van der Waals surface area contributed by atoms with Crippen molar-refractivity contribution in [2.75, 3.05) is 0 Å². The van der Waals surface area contributed by atoms with Gasteiger partial charge in [-0.1, -0.05) is 24.3 Å². The summed E-state index contributed by atoms with van der Waals surface area (Å²) < 4.78 is 1.43. The van der Waals surface area contributed by atoms with Crippen molar-refractivity contribution < 1.29 is 4.43 Å². The first-order valence-corrected chi connectivity index (χ1v) is 4.90. The van der Waals surface area contributed by atoms with Gasteiger partial charge in [-0.15, -0.1) is 0 Å². The molecule has 0 atom stereocenters. The molecule has 0 bridgehead atoms. The lowest BCUT2D eigenvalue weighted by Crippen LogP contribution is -2.16. The van der Waals surface area contributed by atoms with E-state index < -0.39 is 0 Å².